The summed E-state index contributed by atoms with van der Waals surface area (Å²) in [4.78, 5) is 3.78. The summed E-state index contributed by atoms with van der Waals surface area (Å²) in [5.41, 5.74) is 0. The minimum absolute atomic E-state index is 0.0368. The smallest absolute Gasteiger partial charge is 0.252 e. The van der Waals surface area contributed by atoms with E-state index in [0.29, 0.717) is 19.1 Å². The fourth-order valence-corrected chi connectivity index (χ4v) is 1.32. The van der Waals surface area contributed by atoms with Gasteiger partial charge in [-0.25, -0.2) is 8.78 Å². The summed E-state index contributed by atoms with van der Waals surface area (Å²) in [5, 5.41) is 2.71. The number of pyridine rings is 1. The van der Waals surface area contributed by atoms with Crippen molar-refractivity contribution in [3.63, 3.8) is 0 Å². The summed E-state index contributed by atoms with van der Waals surface area (Å²) in [6, 6.07) is 0.799. The fraction of sp³-hybridized carbons (Fsp3) is 0.545. The first-order valence-electron chi connectivity index (χ1n) is 5.43. The number of hydrogen-bond donors (Lipinski definition) is 1. The van der Waals surface area contributed by atoms with Gasteiger partial charge in [-0.15, -0.1) is 0 Å². The van der Waals surface area contributed by atoms with Gasteiger partial charge in [0.05, 0.1) is 6.61 Å². The maximum Gasteiger partial charge on any atom is 0.252 e. The van der Waals surface area contributed by atoms with Gasteiger partial charge < -0.3 is 10.1 Å². The minimum Gasteiger partial charge on any atom is -0.475 e. The number of nitrogens with one attached hydrogen (secondary N) is 1. The van der Waals surface area contributed by atoms with Crippen LogP contribution in [-0.4, -0.2) is 18.1 Å². The molecule has 0 unspecified atom stereocenters. The number of nitrogens with zero attached hydrogens (tertiary/aromatic N) is 1. The van der Waals surface area contributed by atoms with Gasteiger partial charge >= 0.3 is 0 Å². The maximum absolute atomic E-state index is 13.3. The lowest BCUT2D eigenvalue weighted by Gasteiger charge is -2.09. The molecule has 0 radical (unpaired) electrons. The van der Waals surface area contributed by atoms with Gasteiger partial charge in [-0.2, -0.15) is 4.98 Å². The number of hydrogen-bond acceptors (Lipinski definition) is 3. The molecule has 1 aromatic rings. The Kier molecular flexibility index (Phi) is 3.22. The third-order valence-electron chi connectivity index (χ3n) is 2.39. The van der Waals surface area contributed by atoms with Gasteiger partial charge in [0.1, 0.15) is 0 Å². The van der Waals surface area contributed by atoms with E-state index in [0.717, 1.165) is 18.9 Å². The van der Waals surface area contributed by atoms with Crippen LogP contribution in [-0.2, 0) is 0 Å². The van der Waals surface area contributed by atoms with E-state index >= 15 is 0 Å². The molecule has 88 valence electrons. The van der Waals surface area contributed by atoms with Crippen molar-refractivity contribution in [2.24, 2.45) is 5.92 Å². The SMILES string of the molecule is CCNc1nc(OCC2CC2)c(F)cc1F. The lowest BCUT2D eigenvalue weighted by atomic mass is 10.4. The van der Waals surface area contributed by atoms with Crippen molar-refractivity contribution < 1.29 is 13.5 Å². The van der Waals surface area contributed by atoms with Gasteiger partial charge in [-0.1, -0.05) is 0 Å². The molecule has 1 N–H and O–H groups in total. The van der Waals surface area contributed by atoms with E-state index in [1.807, 2.05) is 6.92 Å². The second-order valence-corrected chi connectivity index (χ2v) is 3.89. The van der Waals surface area contributed by atoms with E-state index in [1.54, 1.807) is 0 Å². The Labute approximate surface area is 92.8 Å². The van der Waals surface area contributed by atoms with Crippen molar-refractivity contribution in [2.45, 2.75) is 19.8 Å². The number of aromatic nitrogens is 1. The van der Waals surface area contributed by atoms with E-state index in [4.69, 9.17) is 4.74 Å². The van der Waals surface area contributed by atoms with Crippen LogP contribution in [0.3, 0.4) is 0 Å². The van der Waals surface area contributed by atoms with Crippen molar-refractivity contribution in [2.75, 3.05) is 18.5 Å². The third kappa shape index (κ3) is 2.59. The third-order valence-corrected chi connectivity index (χ3v) is 2.39. The van der Waals surface area contributed by atoms with Crippen LogP contribution in [0.25, 0.3) is 0 Å². The Balaban J connectivity index is 2.11. The molecule has 2 rings (SSSR count). The number of rotatable bonds is 5. The van der Waals surface area contributed by atoms with Crippen LogP contribution in [0.2, 0.25) is 0 Å². The van der Waals surface area contributed by atoms with E-state index < -0.39 is 11.6 Å². The molecule has 0 atom stereocenters. The van der Waals surface area contributed by atoms with Gasteiger partial charge in [-0.3, -0.25) is 0 Å². The van der Waals surface area contributed by atoms with Crippen LogP contribution < -0.4 is 10.1 Å². The van der Waals surface area contributed by atoms with Gasteiger partial charge in [0.2, 0.25) is 0 Å². The Morgan fingerprint density at radius 3 is 2.81 bits per heavy atom. The Hall–Kier alpha value is -1.39. The molecule has 16 heavy (non-hydrogen) atoms. The zero-order chi connectivity index (χ0) is 11.5. The fourth-order valence-electron chi connectivity index (χ4n) is 1.32. The van der Waals surface area contributed by atoms with Crippen LogP contribution in [0.5, 0.6) is 5.88 Å². The lowest BCUT2D eigenvalue weighted by molar-refractivity contribution is 0.272. The first kappa shape index (κ1) is 11.1. The molecule has 0 spiro atoms. The highest BCUT2D eigenvalue weighted by Gasteiger charge is 2.23. The van der Waals surface area contributed by atoms with Crippen LogP contribution in [0.15, 0.2) is 6.07 Å². The highest BCUT2D eigenvalue weighted by molar-refractivity contribution is 5.39. The summed E-state index contributed by atoms with van der Waals surface area (Å²) >= 11 is 0. The average Bonchev–Trinajstić information content (AvgIpc) is 3.04. The van der Waals surface area contributed by atoms with Crippen LogP contribution >= 0.6 is 0 Å². The standard InChI is InChI=1S/C11H14F2N2O/c1-2-14-10-8(12)5-9(13)11(15-10)16-6-7-3-4-7/h5,7H,2-4,6H2,1H3,(H,14,15). The van der Waals surface area contributed by atoms with Crippen molar-refractivity contribution >= 4 is 5.82 Å². The molecule has 1 heterocycles. The highest BCUT2D eigenvalue weighted by atomic mass is 19.1. The highest BCUT2D eigenvalue weighted by Crippen LogP contribution is 2.30. The molecule has 0 saturated heterocycles. The van der Waals surface area contributed by atoms with Crippen LogP contribution in [0.4, 0.5) is 14.6 Å². The second kappa shape index (κ2) is 4.63. The van der Waals surface area contributed by atoms with Gasteiger partial charge in [-0.05, 0) is 25.7 Å². The molecule has 1 aromatic heterocycles. The molecule has 0 amide bonds. The van der Waals surface area contributed by atoms with Gasteiger partial charge in [0.15, 0.2) is 17.5 Å². The topological polar surface area (TPSA) is 34.2 Å². The molecule has 1 aliphatic carbocycles. The molecule has 0 bridgehead atoms. The normalized spacial score (nSPS) is 14.9. The molecule has 0 aliphatic heterocycles. The molecule has 0 aromatic carbocycles. The van der Waals surface area contributed by atoms with Crippen LogP contribution in [0.1, 0.15) is 19.8 Å². The Morgan fingerprint density at radius 2 is 2.19 bits per heavy atom. The summed E-state index contributed by atoms with van der Waals surface area (Å²) in [7, 11) is 0. The average molecular weight is 228 g/mol. The van der Waals surface area contributed by atoms with Gasteiger partial charge in [0, 0.05) is 12.6 Å². The monoisotopic (exact) mass is 228 g/mol. The largest absolute Gasteiger partial charge is 0.475 e. The quantitative estimate of drug-likeness (QED) is 0.841. The van der Waals surface area contributed by atoms with E-state index in [-0.39, 0.29) is 11.7 Å². The number of ether oxygens (including phenoxy) is 1. The molecule has 1 aliphatic rings. The summed E-state index contributed by atoms with van der Waals surface area (Å²) in [6.07, 6.45) is 2.23. The first-order chi connectivity index (χ1) is 7.70. The van der Waals surface area contributed by atoms with Crippen molar-refractivity contribution in [3.8, 4) is 5.88 Å². The first-order valence-corrected chi connectivity index (χ1v) is 5.43. The summed E-state index contributed by atoms with van der Waals surface area (Å²) in [6.45, 7) is 2.80. The van der Waals surface area contributed by atoms with Gasteiger partial charge in [0.25, 0.3) is 5.88 Å². The van der Waals surface area contributed by atoms with Crippen molar-refractivity contribution in [1.82, 2.24) is 4.98 Å². The Morgan fingerprint density at radius 1 is 1.44 bits per heavy atom. The zero-order valence-corrected chi connectivity index (χ0v) is 9.09. The molecular formula is C11H14F2N2O. The van der Waals surface area contributed by atoms with Crippen molar-refractivity contribution in [1.29, 1.82) is 0 Å². The molecule has 5 heteroatoms. The minimum atomic E-state index is -0.750. The zero-order valence-electron chi connectivity index (χ0n) is 9.09. The Bertz CT molecular complexity index is 380. The molecule has 1 fully saturated rings. The van der Waals surface area contributed by atoms with Crippen molar-refractivity contribution in [3.05, 3.63) is 17.7 Å². The maximum atomic E-state index is 13.3. The molecule has 3 nitrogen and oxygen atoms in total. The van der Waals surface area contributed by atoms with E-state index in [1.165, 1.54) is 0 Å². The van der Waals surface area contributed by atoms with E-state index in [2.05, 4.69) is 10.3 Å². The lowest BCUT2D eigenvalue weighted by Crippen LogP contribution is -2.08. The second-order valence-electron chi connectivity index (χ2n) is 3.89. The molecular weight excluding hydrogens is 214 g/mol. The van der Waals surface area contributed by atoms with Crippen LogP contribution in [0, 0.1) is 17.6 Å². The predicted octanol–water partition coefficient (Wildman–Crippen LogP) is 2.58. The summed E-state index contributed by atoms with van der Waals surface area (Å²) < 4.78 is 31.7. The summed E-state index contributed by atoms with van der Waals surface area (Å²) in [5.74, 6) is -1.02. The number of halogens is 2. The predicted molar refractivity (Wildman–Crippen MR) is 56.5 cm³/mol. The van der Waals surface area contributed by atoms with E-state index in [9.17, 15) is 8.78 Å². The number of anilines is 1. The molecule has 1 saturated carbocycles.